The number of guanidine groups is 1. The zero-order chi connectivity index (χ0) is 20.8. The molecule has 0 radical (unpaired) electrons. The highest BCUT2D eigenvalue weighted by atomic mass is 16.2. The van der Waals surface area contributed by atoms with Gasteiger partial charge in [-0.25, -0.2) is 0 Å². The lowest BCUT2D eigenvalue weighted by Gasteiger charge is -2.38. The van der Waals surface area contributed by atoms with Crippen LogP contribution in [0.15, 0.2) is 4.99 Å². The molecule has 0 aromatic heterocycles. The Kier molecular flexibility index (Phi) is 7.88. The monoisotopic (exact) mass is 418 g/mol. The van der Waals surface area contributed by atoms with Crippen LogP contribution in [0.2, 0.25) is 0 Å². The molecule has 4 fully saturated rings. The summed E-state index contributed by atoms with van der Waals surface area (Å²) in [5.41, 5.74) is 0. The molecule has 2 saturated heterocycles. The first-order chi connectivity index (χ1) is 14.7. The van der Waals surface area contributed by atoms with Gasteiger partial charge in [0.05, 0.1) is 6.54 Å². The van der Waals surface area contributed by atoms with Gasteiger partial charge in [-0.3, -0.25) is 19.6 Å². The van der Waals surface area contributed by atoms with Gasteiger partial charge in [0.2, 0.25) is 5.91 Å². The first-order valence-corrected chi connectivity index (χ1v) is 12.5. The molecule has 30 heavy (non-hydrogen) atoms. The Morgan fingerprint density at radius 2 is 1.73 bits per heavy atom. The van der Waals surface area contributed by atoms with E-state index in [0.717, 1.165) is 77.2 Å². The van der Waals surface area contributed by atoms with Gasteiger partial charge in [-0.1, -0.05) is 19.3 Å². The van der Waals surface area contributed by atoms with Gasteiger partial charge in [0, 0.05) is 70.4 Å². The van der Waals surface area contributed by atoms with Gasteiger partial charge in [-0.15, -0.1) is 0 Å². The highest BCUT2D eigenvalue weighted by Gasteiger charge is 2.31. The smallest absolute Gasteiger partial charge is 0.225 e. The quantitative estimate of drug-likeness (QED) is 0.485. The van der Waals surface area contributed by atoms with Crippen LogP contribution in [0.1, 0.15) is 58.3 Å². The van der Waals surface area contributed by atoms with E-state index in [-0.39, 0.29) is 0 Å². The molecule has 2 aliphatic carbocycles. The largest absolute Gasteiger partial charge is 0.357 e. The third kappa shape index (κ3) is 5.67. The Balaban J connectivity index is 1.17. The number of piperazine rings is 1. The van der Waals surface area contributed by atoms with Gasteiger partial charge in [0.1, 0.15) is 0 Å². The van der Waals surface area contributed by atoms with E-state index < -0.39 is 0 Å². The van der Waals surface area contributed by atoms with Crippen molar-refractivity contribution in [1.29, 1.82) is 0 Å². The Labute approximate surface area is 182 Å². The molecule has 7 nitrogen and oxygen atoms in total. The Morgan fingerprint density at radius 1 is 0.967 bits per heavy atom. The molecule has 1 atom stereocenters. The summed E-state index contributed by atoms with van der Waals surface area (Å²) in [7, 11) is 0. The highest BCUT2D eigenvalue weighted by Crippen LogP contribution is 2.28. The standard InChI is InChI=1S/C23H42N6O/c1-2-24-23(26-20-10-12-29(18-20)21-8-3-4-9-21)25-11-13-27-14-16-28(17-15-27)22(30)19-6-5-7-19/h19-21H,2-18H2,1H3,(H2,24,25,26). The summed E-state index contributed by atoms with van der Waals surface area (Å²) in [6.07, 6.45) is 10.3. The summed E-state index contributed by atoms with van der Waals surface area (Å²) >= 11 is 0. The summed E-state index contributed by atoms with van der Waals surface area (Å²) in [5, 5.41) is 7.11. The molecule has 0 bridgehead atoms. The maximum absolute atomic E-state index is 12.4. The van der Waals surface area contributed by atoms with Crippen LogP contribution >= 0.6 is 0 Å². The number of rotatable bonds is 7. The Bertz CT molecular complexity index is 578. The van der Waals surface area contributed by atoms with E-state index in [4.69, 9.17) is 4.99 Å². The lowest BCUT2D eigenvalue weighted by Crippen LogP contribution is -2.51. The third-order valence-electron chi connectivity index (χ3n) is 7.57. The number of carbonyl (C=O) groups excluding carboxylic acids is 1. The molecular weight excluding hydrogens is 376 g/mol. The van der Waals surface area contributed by atoms with Crippen molar-refractivity contribution in [3.8, 4) is 0 Å². The number of amides is 1. The van der Waals surface area contributed by atoms with Crippen molar-refractivity contribution in [3.05, 3.63) is 0 Å². The fourth-order valence-electron chi connectivity index (χ4n) is 5.43. The van der Waals surface area contributed by atoms with Crippen LogP contribution in [0.3, 0.4) is 0 Å². The van der Waals surface area contributed by atoms with Crippen molar-refractivity contribution in [2.45, 2.75) is 70.4 Å². The van der Waals surface area contributed by atoms with Crippen molar-refractivity contribution >= 4 is 11.9 Å². The normalized spacial score (nSPS) is 27.4. The molecule has 0 aromatic carbocycles. The van der Waals surface area contributed by atoms with Crippen molar-refractivity contribution in [2.24, 2.45) is 10.9 Å². The van der Waals surface area contributed by atoms with Gasteiger partial charge in [0.25, 0.3) is 0 Å². The van der Waals surface area contributed by atoms with E-state index in [9.17, 15) is 4.79 Å². The number of nitrogens with one attached hydrogen (secondary N) is 2. The second kappa shape index (κ2) is 10.8. The van der Waals surface area contributed by atoms with E-state index in [0.29, 0.717) is 17.9 Å². The van der Waals surface area contributed by atoms with E-state index in [1.54, 1.807) is 0 Å². The maximum atomic E-state index is 12.4. The molecule has 2 saturated carbocycles. The van der Waals surface area contributed by atoms with Gasteiger partial charge in [-0.05, 0) is 39.0 Å². The fraction of sp³-hybridized carbons (Fsp3) is 0.913. The molecule has 2 heterocycles. The molecule has 2 aliphatic heterocycles. The molecule has 1 unspecified atom stereocenters. The number of hydrogen-bond acceptors (Lipinski definition) is 4. The Morgan fingerprint density at radius 3 is 2.40 bits per heavy atom. The lowest BCUT2D eigenvalue weighted by molar-refractivity contribution is -0.139. The van der Waals surface area contributed by atoms with Crippen LogP contribution in [0.25, 0.3) is 0 Å². The molecule has 1 amide bonds. The van der Waals surface area contributed by atoms with E-state index >= 15 is 0 Å². The van der Waals surface area contributed by atoms with Crippen LogP contribution in [0.4, 0.5) is 0 Å². The van der Waals surface area contributed by atoms with Gasteiger partial charge >= 0.3 is 0 Å². The second-order valence-corrected chi connectivity index (χ2v) is 9.62. The van der Waals surface area contributed by atoms with Crippen LogP contribution in [-0.2, 0) is 4.79 Å². The molecule has 170 valence electrons. The van der Waals surface area contributed by atoms with Crippen molar-refractivity contribution in [1.82, 2.24) is 25.3 Å². The second-order valence-electron chi connectivity index (χ2n) is 9.62. The minimum Gasteiger partial charge on any atom is -0.357 e. The number of carbonyl (C=O) groups is 1. The average Bonchev–Trinajstić information content (AvgIpc) is 3.39. The molecule has 0 aromatic rings. The third-order valence-corrected chi connectivity index (χ3v) is 7.57. The van der Waals surface area contributed by atoms with Gasteiger partial charge < -0.3 is 15.5 Å². The fourth-order valence-corrected chi connectivity index (χ4v) is 5.43. The SMILES string of the molecule is CCNC(=NCCN1CCN(C(=O)C2CCC2)CC1)NC1CCN(C2CCCC2)C1. The molecule has 4 rings (SSSR count). The van der Waals surface area contributed by atoms with Crippen LogP contribution < -0.4 is 10.6 Å². The first-order valence-electron chi connectivity index (χ1n) is 12.5. The first kappa shape index (κ1) is 21.9. The Hall–Kier alpha value is -1.34. The predicted molar refractivity (Wildman–Crippen MR) is 122 cm³/mol. The highest BCUT2D eigenvalue weighted by molar-refractivity contribution is 5.80. The minimum atomic E-state index is 0.329. The number of likely N-dealkylation sites (tertiary alicyclic amines) is 1. The van der Waals surface area contributed by atoms with Crippen molar-refractivity contribution in [3.63, 3.8) is 0 Å². The zero-order valence-electron chi connectivity index (χ0n) is 18.9. The minimum absolute atomic E-state index is 0.329. The summed E-state index contributed by atoms with van der Waals surface area (Å²) in [5.74, 6) is 1.70. The van der Waals surface area contributed by atoms with Crippen LogP contribution in [0, 0.1) is 5.92 Å². The summed E-state index contributed by atoms with van der Waals surface area (Å²) < 4.78 is 0. The van der Waals surface area contributed by atoms with Gasteiger partial charge in [-0.2, -0.15) is 0 Å². The molecule has 7 heteroatoms. The summed E-state index contributed by atoms with van der Waals surface area (Å²) in [6.45, 7) is 10.9. The van der Waals surface area contributed by atoms with E-state index in [1.807, 2.05) is 0 Å². The topological polar surface area (TPSA) is 63.2 Å². The van der Waals surface area contributed by atoms with Crippen LogP contribution in [-0.4, -0.2) is 97.6 Å². The van der Waals surface area contributed by atoms with Crippen molar-refractivity contribution in [2.75, 3.05) is 58.9 Å². The molecule has 0 spiro atoms. The van der Waals surface area contributed by atoms with E-state index in [1.165, 1.54) is 45.1 Å². The summed E-state index contributed by atoms with van der Waals surface area (Å²) in [4.78, 5) is 24.5. The average molecular weight is 419 g/mol. The van der Waals surface area contributed by atoms with Gasteiger partial charge in [0.15, 0.2) is 5.96 Å². The maximum Gasteiger partial charge on any atom is 0.225 e. The molecule has 4 aliphatic rings. The number of nitrogens with zero attached hydrogens (tertiary/aromatic N) is 4. The van der Waals surface area contributed by atoms with E-state index in [2.05, 4.69) is 32.3 Å². The molecular formula is C23H42N6O. The predicted octanol–water partition coefficient (Wildman–Crippen LogP) is 1.50. The number of hydrogen-bond donors (Lipinski definition) is 2. The number of aliphatic imine (C=N–C) groups is 1. The molecule has 2 N–H and O–H groups in total. The summed E-state index contributed by atoms with van der Waals surface area (Å²) in [6, 6.07) is 1.34. The van der Waals surface area contributed by atoms with Crippen molar-refractivity contribution < 1.29 is 4.79 Å². The van der Waals surface area contributed by atoms with Crippen LogP contribution in [0.5, 0.6) is 0 Å². The zero-order valence-corrected chi connectivity index (χ0v) is 18.9. The lowest BCUT2D eigenvalue weighted by atomic mass is 9.84.